The van der Waals surface area contributed by atoms with E-state index >= 15 is 0 Å². The van der Waals surface area contributed by atoms with Crippen LogP contribution >= 0.6 is 0 Å². The Balaban J connectivity index is 3.16. The summed E-state index contributed by atoms with van der Waals surface area (Å²) in [6, 6.07) is -11.3. The lowest BCUT2D eigenvalue weighted by Gasteiger charge is -2.37. The van der Waals surface area contributed by atoms with Crippen molar-refractivity contribution in [1.29, 1.82) is 0 Å². The van der Waals surface area contributed by atoms with Gasteiger partial charge in [0.05, 0.1) is 25.7 Å². The van der Waals surface area contributed by atoms with Crippen molar-refractivity contribution < 1.29 is 101 Å². The largest absolute Gasteiger partial charge is 0.394 e. The standard InChI is InChI=1S/C79H138N20O21/c1-26-79(25,71(119)98-78(23,24)72(120)99-33-27-28-52(99)64(112)88-51(36-42(6)7)63(111)95-77(21,22)70(118)97-76(19,20)69(117)90-49(30-32-54(81)103)61(109)86-47(39-100)34-40(2)3)93-56(105)38-83-67(115)74(15,16)96-65(113)57(43(8)9)91-59(107)45(11)85-60(108)48(29-31-53(80)102)89-68(116)75(17,18)94-62(110)50(35-41(4)5)87-58(106)44(10)84-55(104)37-82-66(114)73(13,14)92-46(12)101/h40-45,47-52,57,100H,26-39H2,1-25H3,(H2,80,102)(H2,81,103)(H,82,114)(H,83,115)(H,84,104)(H,85,108)(H,86,109)(H,87,106)(H,88,112)(H,89,116)(H,90,117)(H,91,107)(H,92,101)(H,93,105)(H,94,110)(H,95,111)(H,96,113)(H,97,118)(H,98,119)/t44-,45-,47+,48-,49+,50+,51+,52-,57+,79+/m1/s1. The molecule has 1 aliphatic rings. The Morgan fingerprint density at radius 2 is 0.800 bits per heavy atom. The Bertz CT molecular complexity index is 3740. The van der Waals surface area contributed by atoms with Crippen LogP contribution in [0.5, 0.6) is 0 Å². The molecule has 1 heterocycles. The first-order chi connectivity index (χ1) is 54.8. The number of primary amides is 2. The van der Waals surface area contributed by atoms with Gasteiger partial charge >= 0.3 is 0 Å². The molecule has 10 atom stereocenters. The lowest BCUT2D eigenvalue weighted by atomic mass is 9.94. The first-order valence-electron chi connectivity index (χ1n) is 40.5. The Morgan fingerprint density at radius 1 is 0.400 bits per heavy atom. The maximum absolute atomic E-state index is 14.5. The van der Waals surface area contributed by atoms with Gasteiger partial charge in [0, 0.05) is 26.3 Å². The maximum atomic E-state index is 14.5. The minimum Gasteiger partial charge on any atom is -0.394 e. The Labute approximate surface area is 703 Å². The highest BCUT2D eigenvalue weighted by Gasteiger charge is 2.47. The first-order valence-corrected chi connectivity index (χ1v) is 40.5. The summed E-state index contributed by atoms with van der Waals surface area (Å²) in [7, 11) is 0. The Kier molecular flexibility index (Phi) is 41.4. The topological polar surface area (TPSA) is 621 Å². The number of amides is 20. The summed E-state index contributed by atoms with van der Waals surface area (Å²) in [6.45, 7) is 35.4. The van der Waals surface area contributed by atoms with Gasteiger partial charge in [-0.1, -0.05) is 62.3 Å². The summed E-state index contributed by atoms with van der Waals surface area (Å²) in [5, 5.41) is 53.1. The van der Waals surface area contributed by atoms with E-state index in [1.807, 2.05) is 13.8 Å². The molecule has 0 saturated carbocycles. The van der Waals surface area contributed by atoms with E-state index in [9.17, 15) is 101 Å². The van der Waals surface area contributed by atoms with Crippen molar-refractivity contribution in [2.45, 2.75) is 330 Å². The average molecular weight is 1700 g/mol. The van der Waals surface area contributed by atoms with E-state index in [2.05, 4.69) is 90.4 Å². The summed E-state index contributed by atoms with van der Waals surface area (Å²) in [6.07, 6.45) is -0.353. The van der Waals surface area contributed by atoms with E-state index in [4.69, 9.17) is 11.5 Å². The van der Waals surface area contributed by atoms with E-state index in [1.54, 1.807) is 48.5 Å². The first kappa shape index (κ1) is 107. The number of likely N-dealkylation sites (tertiary alicyclic amines) is 1. The predicted octanol–water partition coefficient (Wildman–Crippen LogP) is -3.88. The van der Waals surface area contributed by atoms with Crippen LogP contribution in [0, 0.1) is 23.7 Å². The fraction of sp³-hybridized carbons (Fsp3) is 0.747. The number of nitrogens with one attached hydrogen (secondary N) is 17. The van der Waals surface area contributed by atoms with E-state index in [0.29, 0.717) is 12.8 Å². The Morgan fingerprint density at radius 3 is 1.24 bits per heavy atom. The zero-order valence-corrected chi connectivity index (χ0v) is 74.6. The molecule has 120 heavy (non-hydrogen) atoms. The van der Waals surface area contributed by atoms with E-state index < -0.39 is 250 Å². The highest BCUT2D eigenvalue weighted by atomic mass is 16.3. The molecular formula is C79H138N20O21. The van der Waals surface area contributed by atoms with Gasteiger partial charge in [-0.3, -0.25) is 95.9 Å². The second kappa shape index (κ2) is 46.2. The molecule has 0 aromatic carbocycles. The number of carbonyl (C=O) groups is 20. The molecule has 0 aromatic heterocycles. The fourth-order valence-electron chi connectivity index (χ4n) is 12.2. The van der Waals surface area contributed by atoms with Crippen LogP contribution in [0.2, 0.25) is 0 Å². The second-order valence-corrected chi connectivity index (χ2v) is 35.8. The molecule has 1 fully saturated rings. The fourth-order valence-corrected chi connectivity index (χ4v) is 12.2. The number of nitrogens with zero attached hydrogens (tertiary/aromatic N) is 1. The molecule has 1 rings (SSSR count). The number of hydrogen-bond acceptors (Lipinski definition) is 21. The van der Waals surface area contributed by atoms with Crippen LogP contribution in [0.4, 0.5) is 0 Å². The number of hydrogen-bond donors (Lipinski definition) is 20. The van der Waals surface area contributed by atoms with E-state index in [-0.39, 0.29) is 62.8 Å². The van der Waals surface area contributed by atoms with Crippen molar-refractivity contribution in [1.82, 2.24) is 95.3 Å². The van der Waals surface area contributed by atoms with Crippen molar-refractivity contribution in [3.63, 3.8) is 0 Å². The van der Waals surface area contributed by atoms with Crippen LogP contribution in [0.15, 0.2) is 0 Å². The normalized spacial score (nSPS) is 15.8. The number of aliphatic hydroxyl groups excluding tert-OH is 1. The highest BCUT2D eigenvalue weighted by molar-refractivity contribution is 6.03. The molecule has 0 bridgehead atoms. The lowest BCUT2D eigenvalue weighted by Crippen LogP contribution is -2.66. The van der Waals surface area contributed by atoms with Gasteiger partial charge in [-0.05, 0) is 179 Å². The molecule has 41 heteroatoms. The van der Waals surface area contributed by atoms with Crippen molar-refractivity contribution in [2.75, 3.05) is 26.2 Å². The summed E-state index contributed by atoms with van der Waals surface area (Å²) in [5.74, 6) is -17.1. The summed E-state index contributed by atoms with van der Waals surface area (Å²) in [4.78, 5) is 270. The van der Waals surface area contributed by atoms with Crippen molar-refractivity contribution in [3.8, 4) is 0 Å². The molecule has 20 amide bonds. The van der Waals surface area contributed by atoms with Gasteiger partial charge in [0.2, 0.25) is 118 Å². The minimum atomic E-state index is -1.84. The van der Waals surface area contributed by atoms with Crippen LogP contribution in [-0.2, 0) is 95.9 Å². The molecular weight excluding hydrogens is 1560 g/mol. The van der Waals surface area contributed by atoms with Crippen LogP contribution in [0.1, 0.15) is 237 Å². The predicted molar refractivity (Wildman–Crippen MR) is 441 cm³/mol. The van der Waals surface area contributed by atoms with E-state index in [0.717, 1.165) is 0 Å². The van der Waals surface area contributed by atoms with Gasteiger partial charge < -0.3 is 112 Å². The summed E-state index contributed by atoms with van der Waals surface area (Å²) >= 11 is 0. The average Bonchev–Trinajstić information content (AvgIpc) is 1.48. The summed E-state index contributed by atoms with van der Waals surface area (Å²) in [5.41, 5.74) is -1.17. The number of nitrogens with two attached hydrogens (primary N) is 2. The third-order valence-corrected chi connectivity index (χ3v) is 19.7. The monoisotopic (exact) mass is 1700 g/mol. The molecule has 22 N–H and O–H groups in total. The number of rotatable bonds is 49. The molecule has 1 saturated heterocycles. The van der Waals surface area contributed by atoms with Gasteiger partial charge in [-0.2, -0.15) is 0 Å². The molecule has 0 aliphatic carbocycles. The number of aliphatic hydroxyl groups is 1. The van der Waals surface area contributed by atoms with Crippen molar-refractivity contribution in [3.05, 3.63) is 0 Å². The molecule has 41 nitrogen and oxygen atoms in total. The third kappa shape index (κ3) is 35.3. The highest BCUT2D eigenvalue weighted by Crippen LogP contribution is 2.25. The minimum absolute atomic E-state index is 0.0437. The quantitative estimate of drug-likeness (QED) is 0.0277. The van der Waals surface area contributed by atoms with Crippen molar-refractivity contribution in [2.24, 2.45) is 35.1 Å². The second-order valence-electron chi connectivity index (χ2n) is 35.8. The van der Waals surface area contributed by atoms with Crippen LogP contribution in [0.25, 0.3) is 0 Å². The van der Waals surface area contributed by atoms with Gasteiger partial charge in [-0.15, -0.1) is 0 Å². The summed E-state index contributed by atoms with van der Waals surface area (Å²) < 4.78 is 0. The lowest BCUT2D eigenvalue weighted by molar-refractivity contribution is -0.146. The van der Waals surface area contributed by atoms with Crippen LogP contribution in [0.3, 0.4) is 0 Å². The third-order valence-electron chi connectivity index (χ3n) is 19.7. The zero-order valence-electron chi connectivity index (χ0n) is 74.6. The van der Waals surface area contributed by atoms with Crippen molar-refractivity contribution >= 4 is 118 Å². The van der Waals surface area contributed by atoms with Crippen LogP contribution < -0.4 is 102 Å². The molecule has 0 aromatic rings. The molecule has 680 valence electrons. The molecule has 1 aliphatic heterocycles. The number of carbonyl (C=O) groups excluding carboxylic acids is 20. The van der Waals surface area contributed by atoms with Gasteiger partial charge in [0.15, 0.2) is 0 Å². The van der Waals surface area contributed by atoms with Gasteiger partial charge in [-0.25, -0.2) is 0 Å². The van der Waals surface area contributed by atoms with Gasteiger partial charge in [0.25, 0.3) is 0 Å². The molecule has 0 spiro atoms. The Hall–Kier alpha value is -10.6. The smallest absolute Gasteiger partial charge is 0.248 e. The van der Waals surface area contributed by atoms with Crippen LogP contribution in [-0.4, -0.2) is 248 Å². The van der Waals surface area contributed by atoms with E-state index in [1.165, 1.54) is 116 Å². The zero-order chi connectivity index (χ0) is 93.1. The maximum Gasteiger partial charge on any atom is 0.248 e. The van der Waals surface area contributed by atoms with Gasteiger partial charge in [0.1, 0.15) is 87.1 Å². The SMILES string of the molecule is CC[C@](C)(NC(=O)CNC(=O)C(C)(C)NC(=O)[C@@H](NC(=O)[C@@H](C)NC(=O)[C@@H](CCC(N)=O)NC(=O)C(C)(C)NC(=O)[C@H](CC(C)C)NC(=O)[C@@H](C)NC(=O)CNC(=O)C(C)(C)NC(C)=O)C(C)C)C(=O)NC(C)(C)C(=O)N1CCC[C@@H]1C(=O)N[C@@H](CC(C)C)C(=O)NC(C)(C)C(=O)NC(C)(C)C(=O)N[C@@H](CCC(N)=O)C(=O)N[C@H](CO)CC(C)C. The molecule has 0 unspecified atom stereocenters. The molecule has 0 radical (unpaired) electrons.